The van der Waals surface area contributed by atoms with Crippen molar-refractivity contribution >= 4 is 5.91 Å². The van der Waals surface area contributed by atoms with Gasteiger partial charge in [0.1, 0.15) is 11.6 Å². The van der Waals surface area contributed by atoms with Crippen molar-refractivity contribution < 1.29 is 9.90 Å². The summed E-state index contributed by atoms with van der Waals surface area (Å²) in [6.45, 7) is 2.29. The van der Waals surface area contributed by atoms with Crippen LogP contribution in [0.15, 0.2) is 30.6 Å². The number of phenolic OH excluding ortho intramolecular Hbond substituents is 1. The lowest BCUT2D eigenvalue weighted by atomic mass is 10.1. The third-order valence-corrected chi connectivity index (χ3v) is 2.67. The van der Waals surface area contributed by atoms with E-state index in [4.69, 9.17) is 0 Å². The van der Waals surface area contributed by atoms with Crippen LogP contribution >= 0.6 is 0 Å². The van der Waals surface area contributed by atoms with E-state index in [1.807, 2.05) is 0 Å². The van der Waals surface area contributed by atoms with Gasteiger partial charge in [0.15, 0.2) is 0 Å². The second kappa shape index (κ2) is 5.35. The first-order valence-electron chi connectivity index (χ1n) is 5.73. The number of hydrogen-bond donors (Lipinski definition) is 3. The average Bonchev–Trinajstić information content (AvgIpc) is 2.85. The average molecular weight is 245 g/mol. The van der Waals surface area contributed by atoms with E-state index in [0.29, 0.717) is 18.5 Å². The highest BCUT2D eigenvalue weighted by Gasteiger charge is 2.07. The number of amides is 1. The lowest BCUT2D eigenvalue weighted by molar-refractivity contribution is 0.0953. The van der Waals surface area contributed by atoms with Crippen LogP contribution in [0, 0.1) is 6.92 Å². The molecule has 0 radical (unpaired) electrons. The van der Waals surface area contributed by atoms with Crippen LogP contribution in [0.5, 0.6) is 5.75 Å². The topological polar surface area (TPSA) is 78.0 Å². The Hall–Kier alpha value is -2.30. The first-order chi connectivity index (χ1) is 8.66. The van der Waals surface area contributed by atoms with Gasteiger partial charge < -0.3 is 15.4 Å². The summed E-state index contributed by atoms with van der Waals surface area (Å²) in [5.74, 6) is 0.771. The van der Waals surface area contributed by atoms with E-state index in [9.17, 15) is 9.90 Å². The number of H-pyrrole nitrogens is 1. The largest absolute Gasteiger partial charge is 0.508 e. The van der Waals surface area contributed by atoms with Crippen LogP contribution in [0.1, 0.15) is 21.7 Å². The Balaban J connectivity index is 1.89. The van der Waals surface area contributed by atoms with Crippen LogP contribution in [-0.2, 0) is 6.42 Å². The molecule has 3 N–H and O–H groups in total. The zero-order chi connectivity index (χ0) is 13.0. The molecule has 5 heteroatoms. The van der Waals surface area contributed by atoms with E-state index < -0.39 is 0 Å². The fourth-order valence-corrected chi connectivity index (χ4v) is 1.58. The van der Waals surface area contributed by atoms with Gasteiger partial charge in [0.05, 0.1) is 0 Å². The fourth-order valence-electron chi connectivity index (χ4n) is 1.58. The molecule has 18 heavy (non-hydrogen) atoms. The molecule has 0 bridgehead atoms. The van der Waals surface area contributed by atoms with Gasteiger partial charge >= 0.3 is 0 Å². The molecule has 1 aromatic heterocycles. The number of aryl methyl sites for hydroxylation is 1. The first-order valence-corrected chi connectivity index (χ1v) is 5.73. The molecule has 1 aromatic carbocycles. The Kier molecular flexibility index (Phi) is 3.62. The van der Waals surface area contributed by atoms with E-state index in [-0.39, 0.29) is 11.7 Å². The van der Waals surface area contributed by atoms with Gasteiger partial charge in [-0.2, -0.15) is 0 Å². The van der Waals surface area contributed by atoms with Gasteiger partial charge in [0.2, 0.25) is 0 Å². The molecule has 0 saturated heterocycles. The number of imidazole rings is 1. The van der Waals surface area contributed by atoms with Crippen molar-refractivity contribution in [3.63, 3.8) is 0 Å². The summed E-state index contributed by atoms with van der Waals surface area (Å²) in [6, 6.07) is 4.88. The second-order valence-corrected chi connectivity index (χ2v) is 4.04. The summed E-state index contributed by atoms with van der Waals surface area (Å²) in [5, 5.41) is 12.3. The van der Waals surface area contributed by atoms with Crippen LogP contribution in [-0.4, -0.2) is 27.5 Å². The lowest BCUT2D eigenvalue weighted by Gasteiger charge is -2.05. The molecule has 2 rings (SSSR count). The fraction of sp³-hybridized carbons (Fsp3) is 0.231. The molecule has 0 fully saturated rings. The van der Waals surface area contributed by atoms with E-state index in [1.165, 1.54) is 6.07 Å². The molecule has 2 aromatic rings. The highest BCUT2D eigenvalue weighted by molar-refractivity contribution is 5.94. The molecule has 0 unspecified atom stereocenters. The zero-order valence-corrected chi connectivity index (χ0v) is 10.1. The lowest BCUT2D eigenvalue weighted by Crippen LogP contribution is -2.25. The van der Waals surface area contributed by atoms with Crippen LogP contribution < -0.4 is 5.32 Å². The van der Waals surface area contributed by atoms with Crippen molar-refractivity contribution in [2.45, 2.75) is 13.3 Å². The molecule has 0 aliphatic rings. The molecule has 0 spiro atoms. The van der Waals surface area contributed by atoms with Gasteiger partial charge in [-0.25, -0.2) is 4.98 Å². The number of aromatic nitrogens is 2. The van der Waals surface area contributed by atoms with E-state index >= 15 is 0 Å². The minimum absolute atomic E-state index is 0.133. The monoisotopic (exact) mass is 245 g/mol. The number of benzene rings is 1. The summed E-state index contributed by atoms with van der Waals surface area (Å²) in [5.41, 5.74) is 1.21. The Labute approximate surface area is 105 Å². The smallest absolute Gasteiger partial charge is 0.251 e. The number of carbonyl (C=O) groups is 1. The highest BCUT2D eigenvalue weighted by atomic mass is 16.3. The Morgan fingerprint density at radius 1 is 1.50 bits per heavy atom. The van der Waals surface area contributed by atoms with Gasteiger partial charge in [-0.05, 0) is 24.6 Å². The maximum Gasteiger partial charge on any atom is 0.251 e. The number of phenols is 1. The quantitative estimate of drug-likeness (QED) is 0.761. The number of hydrogen-bond acceptors (Lipinski definition) is 3. The summed E-state index contributed by atoms with van der Waals surface area (Å²) in [7, 11) is 0. The first kappa shape index (κ1) is 12.2. The van der Waals surface area contributed by atoms with E-state index in [2.05, 4.69) is 15.3 Å². The van der Waals surface area contributed by atoms with Gasteiger partial charge in [-0.1, -0.05) is 6.07 Å². The number of nitrogens with zero attached hydrogens (tertiary/aromatic N) is 1. The summed E-state index contributed by atoms with van der Waals surface area (Å²) in [6.07, 6.45) is 4.07. The Bertz CT molecular complexity index is 535. The molecular weight excluding hydrogens is 230 g/mol. The van der Waals surface area contributed by atoms with Crippen LogP contribution in [0.4, 0.5) is 0 Å². The van der Waals surface area contributed by atoms with E-state index in [1.54, 1.807) is 31.5 Å². The SMILES string of the molecule is Cc1ccc(C(=O)NCCc2ncc[nH]2)cc1O. The van der Waals surface area contributed by atoms with Gasteiger partial charge in [-0.15, -0.1) is 0 Å². The summed E-state index contributed by atoms with van der Waals surface area (Å²) >= 11 is 0. The third kappa shape index (κ3) is 2.88. The normalized spacial score (nSPS) is 10.3. The highest BCUT2D eigenvalue weighted by Crippen LogP contribution is 2.17. The molecule has 1 amide bonds. The molecule has 0 saturated carbocycles. The van der Waals surface area contributed by atoms with Crippen molar-refractivity contribution in [3.8, 4) is 5.75 Å². The van der Waals surface area contributed by atoms with Crippen molar-refractivity contribution in [2.75, 3.05) is 6.54 Å². The number of carbonyl (C=O) groups excluding carboxylic acids is 1. The number of nitrogens with one attached hydrogen (secondary N) is 2. The maximum atomic E-state index is 11.8. The molecule has 94 valence electrons. The summed E-state index contributed by atoms with van der Waals surface area (Å²) in [4.78, 5) is 18.8. The van der Waals surface area contributed by atoms with Gasteiger partial charge in [0.25, 0.3) is 5.91 Å². The third-order valence-electron chi connectivity index (χ3n) is 2.67. The number of aromatic hydroxyl groups is 1. The Morgan fingerprint density at radius 2 is 2.33 bits per heavy atom. The minimum Gasteiger partial charge on any atom is -0.508 e. The minimum atomic E-state index is -0.197. The number of rotatable bonds is 4. The second-order valence-electron chi connectivity index (χ2n) is 4.04. The zero-order valence-electron chi connectivity index (χ0n) is 10.1. The molecular formula is C13H15N3O2. The standard InChI is InChI=1S/C13H15N3O2/c1-9-2-3-10(8-11(9)17)13(18)16-5-4-12-14-6-7-15-12/h2-3,6-8,17H,4-5H2,1H3,(H,14,15)(H,16,18). The molecule has 5 nitrogen and oxygen atoms in total. The number of aromatic amines is 1. The maximum absolute atomic E-state index is 11.8. The molecule has 1 heterocycles. The van der Waals surface area contributed by atoms with Crippen molar-refractivity contribution in [3.05, 3.63) is 47.5 Å². The van der Waals surface area contributed by atoms with Gasteiger partial charge in [-0.3, -0.25) is 4.79 Å². The molecule has 0 aliphatic carbocycles. The molecule has 0 aliphatic heterocycles. The summed E-state index contributed by atoms with van der Waals surface area (Å²) < 4.78 is 0. The van der Waals surface area contributed by atoms with Crippen LogP contribution in [0.25, 0.3) is 0 Å². The van der Waals surface area contributed by atoms with Crippen LogP contribution in [0.2, 0.25) is 0 Å². The predicted molar refractivity (Wildman–Crippen MR) is 67.5 cm³/mol. The van der Waals surface area contributed by atoms with Crippen molar-refractivity contribution in [2.24, 2.45) is 0 Å². The van der Waals surface area contributed by atoms with Crippen molar-refractivity contribution in [1.82, 2.24) is 15.3 Å². The predicted octanol–water partition coefficient (Wildman–Crippen LogP) is 1.40. The molecule has 0 atom stereocenters. The Morgan fingerprint density at radius 3 is 3.00 bits per heavy atom. The van der Waals surface area contributed by atoms with Gasteiger partial charge in [0, 0.05) is 30.9 Å². The van der Waals surface area contributed by atoms with E-state index in [0.717, 1.165) is 11.4 Å². The van der Waals surface area contributed by atoms with Crippen molar-refractivity contribution in [1.29, 1.82) is 0 Å². The van der Waals surface area contributed by atoms with Crippen LogP contribution in [0.3, 0.4) is 0 Å².